The van der Waals surface area contributed by atoms with Gasteiger partial charge in [0.1, 0.15) is 18.7 Å². The number of methoxy groups -OCH3 is 1. The molecule has 0 aliphatic carbocycles. The summed E-state index contributed by atoms with van der Waals surface area (Å²) in [5, 5.41) is 10.5. The van der Waals surface area contributed by atoms with Crippen LogP contribution in [0.5, 0.6) is 0 Å². The predicted molar refractivity (Wildman–Crippen MR) is 99.7 cm³/mol. The lowest BCUT2D eigenvalue weighted by Crippen LogP contribution is -2.37. The van der Waals surface area contributed by atoms with Gasteiger partial charge in [-0.1, -0.05) is 6.42 Å². The Bertz CT molecular complexity index is 478. The molecule has 8 nitrogen and oxygen atoms in total. The lowest BCUT2D eigenvalue weighted by Gasteiger charge is -2.11. The number of aryl methyl sites for hydroxylation is 1. The van der Waals surface area contributed by atoms with E-state index in [2.05, 4.69) is 30.4 Å². The van der Waals surface area contributed by atoms with Crippen LogP contribution in [0.25, 0.3) is 0 Å². The lowest BCUT2D eigenvalue weighted by molar-refractivity contribution is -0.140. The van der Waals surface area contributed by atoms with Gasteiger partial charge in [0.2, 0.25) is 0 Å². The van der Waals surface area contributed by atoms with Gasteiger partial charge >= 0.3 is 5.97 Å². The summed E-state index contributed by atoms with van der Waals surface area (Å²) >= 11 is 0. The van der Waals surface area contributed by atoms with Crippen molar-refractivity contribution < 1.29 is 9.53 Å². The van der Waals surface area contributed by atoms with Gasteiger partial charge in [-0.15, -0.1) is 24.0 Å². The summed E-state index contributed by atoms with van der Waals surface area (Å²) in [7, 11) is 3.26. The normalized spacial score (nSPS) is 10.8. The van der Waals surface area contributed by atoms with Crippen LogP contribution in [0, 0.1) is 0 Å². The molecule has 0 fully saturated rings. The number of unbranched alkanes of at least 4 members (excludes halogenated alkanes) is 2. The minimum Gasteiger partial charge on any atom is -0.469 e. The third-order valence-corrected chi connectivity index (χ3v) is 3.11. The molecule has 1 aromatic rings. The molecule has 0 radical (unpaired) electrons. The summed E-state index contributed by atoms with van der Waals surface area (Å²) in [6.45, 7) is 4.11. The number of carbonyl (C=O) groups excluding carboxylic acids is 1. The molecule has 2 N–H and O–H groups in total. The first-order valence-electron chi connectivity index (χ1n) is 7.59. The zero-order valence-corrected chi connectivity index (χ0v) is 16.4. The summed E-state index contributed by atoms with van der Waals surface area (Å²) in [5.74, 6) is 1.43. The van der Waals surface area contributed by atoms with Gasteiger partial charge in [-0.2, -0.15) is 5.10 Å². The van der Waals surface area contributed by atoms with Crippen LogP contribution in [0.4, 0.5) is 0 Å². The Morgan fingerprint density at radius 1 is 1.35 bits per heavy atom. The number of nitrogens with one attached hydrogen (secondary N) is 2. The first kappa shape index (κ1) is 21.6. The van der Waals surface area contributed by atoms with E-state index in [1.807, 2.05) is 14.0 Å². The highest BCUT2D eigenvalue weighted by molar-refractivity contribution is 14.0. The number of ether oxygens (including phenoxy) is 1. The van der Waals surface area contributed by atoms with Gasteiger partial charge in [-0.25, -0.2) is 9.98 Å². The van der Waals surface area contributed by atoms with E-state index >= 15 is 0 Å². The maximum Gasteiger partial charge on any atom is 0.305 e. The molecule has 0 saturated heterocycles. The van der Waals surface area contributed by atoms with Crippen LogP contribution < -0.4 is 10.6 Å². The van der Waals surface area contributed by atoms with E-state index in [0.29, 0.717) is 13.0 Å². The molecule has 9 heteroatoms. The molecule has 0 bridgehead atoms. The zero-order valence-electron chi connectivity index (χ0n) is 14.0. The number of nitrogens with zero attached hydrogens (tertiary/aromatic N) is 4. The second kappa shape index (κ2) is 13.1. The fourth-order valence-electron chi connectivity index (χ4n) is 1.83. The van der Waals surface area contributed by atoms with Crippen LogP contribution in [-0.2, 0) is 23.1 Å². The Kier molecular flexibility index (Phi) is 12.3. The Balaban J connectivity index is 0.00000484. The van der Waals surface area contributed by atoms with Gasteiger partial charge in [0.05, 0.1) is 7.11 Å². The van der Waals surface area contributed by atoms with Gasteiger partial charge in [0.15, 0.2) is 5.96 Å². The van der Waals surface area contributed by atoms with E-state index in [0.717, 1.165) is 44.1 Å². The highest BCUT2D eigenvalue weighted by Crippen LogP contribution is 2.00. The number of carbonyl (C=O) groups is 1. The molecule has 0 unspecified atom stereocenters. The molecule has 0 spiro atoms. The maximum atomic E-state index is 11.0. The summed E-state index contributed by atoms with van der Waals surface area (Å²) < 4.78 is 6.32. The Morgan fingerprint density at radius 2 is 2.13 bits per heavy atom. The minimum absolute atomic E-state index is 0. The van der Waals surface area contributed by atoms with E-state index in [1.54, 1.807) is 4.68 Å². The van der Waals surface area contributed by atoms with Crippen LogP contribution in [0.15, 0.2) is 11.3 Å². The number of halogens is 1. The average molecular weight is 438 g/mol. The molecule has 0 atom stereocenters. The van der Waals surface area contributed by atoms with Crippen molar-refractivity contribution in [3.8, 4) is 0 Å². The van der Waals surface area contributed by atoms with E-state index < -0.39 is 0 Å². The van der Waals surface area contributed by atoms with Crippen molar-refractivity contribution in [2.45, 2.75) is 39.2 Å². The molecule has 0 amide bonds. The molecule has 1 rings (SSSR count). The van der Waals surface area contributed by atoms with Gasteiger partial charge in [-0.3, -0.25) is 9.48 Å². The van der Waals surface area contributed by atoms with E-state index in [1.165, 1.54) is 13.4 Å². The number of rotatable bonds is 9. The quantitative estimate of drug-likeness (QED) is 0.198. The van der Waals surface area contributed by atoms with Crippen LogP contribution in [0.3, 0.4) is 0 Å². The van der Waals surface area contributed by atoms with Crippen molar-refractivity contribution in [3.05, 3.63) is 12.2 Å². The monoisotopic (exact) mass is 438 g/mol. The summed E-state index contributed by atoms with van der Waals surface area (Å²) in [4.78, 5) is 19.6. The number of hydrogen-bond donors (Lipinski definition) is 2. The third kappa shape index (κ3) is 9.36. The first-order chi connectivity index (χ1) is 10.7. The van der Waals surface area contributed by atoms with Gasteiger partial charge in [0, 0.05) is 26.6 Å². The summed E-state index contributed by atoms with van der Waals surface area (Å²) in [5.41, 5.74) is 0. The number of hydrogen-bond acceptors (Lipinski definition) is 5. The standard InChI is InChI=1S/C14H26N6O2.HI/c1-4-15-14(17-10-12-18-11-19-20(12)2)16-9-7-5-6-8-13(21)22-3;/h11H,4-10H2,1-3H3,(H2,15,16,17);1H. The highest BCUT2D eigenvalue weighted by Gasteiger charge is 2.02. The largest absolute Gasteiger partial charge is 0.469 e. The second-order valence-electron chi connectivity index (χ2n) is 4.81. The number of esters is 1. The first-order valence-corrected chi connectivity index (χ1v) is 7.59. The molecule has 0 aromatic carbocycles. The molecule has 0 saturated carbocycles. The summed E-state index contributed by atoms with van der Waals surface area (Å²) in [6.07, 6.45) is 4.81. The molecule has 0 aliphatic rings. The number of aromatic nitrogens is 3. The van der Waals surface area contributed by atoms with E-state index in [-0.39, 0.29) is 29.9 Å². The maximum absolute atomic E-state index is 11.0. The molecule has 23 heavy (non-hydrogen) atoms. The van der Waals surface area contributed by atoms with Crippen molar-refractivity contribution >= 4 is 35.9 Å². The molecule has 132 valence electrons. The van der Waals surface area contributed by atoms with Crippen molar-refractivity contribution in [2.24, 2.45) is 12.0 Å². The van der Waals surface area contributed by atoms with E-state index in [4.69, 9.17) is 0 Å². The van der Waals surface area contributed by atoms with Crippen molar-refractivity contribution in [1.82, 2.24) is 25.4 Å². The molecule has 1 aromatic heterocycles. The van der Waals surface area contributed by atoms with Gasteiger partial charge in [-0.05, 0) is 19.8 Å². The highest BCUT2D eigenvalue weighted by atomic mass is 127. The van der Waals surface area contributed by atoms with Crippen LogP contribution in [0.2, 0.25) is 0 Å². The van der Waals surface area contributed by atoms with Crippen LogP contribution >= 0.6 is 24.0 Å². The topological polar surface area (TPSA) is 93.4 Å². The van der Waals surface area contributed by atoms with Crippen LogP contribution in [-0.4, -0.2) is 46.9 Å². The molecule has 0 aliphatic heterocycles. The fourth-order valence-corrected chi connectivity index (χ4v) is 1.83. The van der Waals surface area contributed by atoms with Crippen LogP contribution in [0.1, 0.15) is 38.4 Å². The Hall–Kier alpha value is -1.39. The van der Waals surface area contributed by atoms with Crippen molar-refractivity contribution in [3.63, 3.8) is 0 Å². The van der Waals surface area contributed by atoms with E-state index in [9.17, 15) is 4.79 Å². The number of guanidine groups is 1. The fraction of sp³-hybridized carbons (Fsp3) is 0.714. The van der Waals surface area contributed by atoms with Crippen molar-refractivity contribution in [1.29, 1.82) is 0 Å². The van der Waals surface area contributed by atoms with Gasteiger partial charge in [0.25, 0.3) is 0 Å². The molecular formula is C14H27IN6O2. The van der Waals surface area contributed by atoms with Crippen molar-refractivity contribution in [2.75, 3.05) is 20.2 Å². The smallest absolute Gasteiger partial charge is 0.305 e. The zero-order chi connectivity index (χ0) is 16.2. The minimum atomic E-state index is -0.147. The number of aliphatic imine (C=N–C) groups is 1. The predicted octanol–water partition coefficient (Wildman–Crippen LogP) is 1.22. The SMILES string of the molecule is CCNC(=NCc1ncnn1C)NCCCCCC(=O)OC.I. The van der Waals surface area contributed by atoms with Gasteiger partial charge < -0.3 is 15.4 Å². The Labute approximate surface area is 154 Å². The lowest BCUT2D eigenvalue weighted by atomic mass is 10.2. The molecular weight excluding hydrogens is 411 g/mol. The second-order valence-corrected chi connectivity index (χ2v) is 4.81. The Morgan fingerprint density at radius 3 is 2.74 bits per heavy atom. The summed E-state index contributed by atoms with van der Waals surface area (Å²) in [6, 6.07) is 0. The molecule has 1 heterocycles. The third-order valence-electron chi connectivity index (χ3n) is 3.11. The average Bonchev–Trinajstić information content (AvgIpc) is 2.93.